The van der Waals surface area contributed by atoms with Crippen LogP contribution in [0.2, 0.25) is 0 Å². The summed E-state index contributed by atoms with van der Waals surface area (Å²) in [7, 11) is 0. The van der Waals surface area contributed by atoms with Crippen molar-refractivity contribution >= 4 is 0 Å². The van der Waals surface area contributed by atoms with E-state index in [-0.39, 0.29) is 21.7 Å². The molecule has 2 atom stereocenters. The van der Waals surface area contributed by atoms with E-state index in [4.69, 9.17) is 0 Å². The third kappa shape index (κ3) is 13.2. The summed E-state index contributed by atoms with van der Waals surface area (Å²) in [6.07, 6.45) is 24.5. The molecule has 38 heavy (non-hydrogen) atoms. The van der Waals surface area contributed by atoms with Gasteiger partial charge in [-0.1, -0.05) is 118 Å². The van der Waals surface area contributed by atoms with E-state index in [2.05, 4.69) is 155 Å². The fourth-order valence-electron chi connectivity index (χ4n) is 4.99. The van der Waals surface area contributed by atoms with Gasteiger partial charge in [-0.25, -0.2) is 0 Å². The summed E-state index contributed by atoms with van der Waals surface area (Å²) in [6, 6.07) is 0. The SMILES string of the molecule is CC/C=C/C(C)(C)CCC(C)(C)/C=C/CN/C(C=C(C)C)=C/CNC1=CC(C(C)(C)C)C(C(C)(C)C)C=C1. The van der Waals surface area contributed by atoms with E-state index in [0.29, 0.717) is 11.8 Å². The predicted octanol–water partition coefficient (Wildman–Crippen LogP) is 10.1. The van der Waals surface area contributed by atoms with Crippen LogP contribution in [0.25, 0.3) is 0 Å². The first kappa shape index (κ1) is 34.1. The summed E-state index contributed by atoms with van der Waals surface area (Å²) in [5.74, 6) is 1.05. The van der Waals surface area contributed by atoms with Crippen LogP contribution in [0.15, 0.2) is 71.7 Å². The van der Waals surface area contributed by atoms with Gasteiger partial charge in [-0.2, -0.15) is 0 Å². The van der Waals surface area contributed by atoms with Gasteiger partial charge in [-0.05, 0) is 84.8 Å². The van der Waals surface area contributed by atoms with Crippen LogP contribution in [0, 0.1) is 33.5 Å². The van der Waals surface area contributed by atoms with Crippen LogP contribution < -0.4 is 10.6 Å². The van der Waals surface area contributed by atoms with Crippen LogP contribution >= 0.6 is 0 Å². The second-order valence-corrected chi connectivity index (χ2v) is 15.1. The van der Waals surface area contributed by atoms with Crippen LogP contribution in [-0.4, -0.2) is 13.1 Å². The van der Waals surface area contributed by atoms with Crippen molar-refractivity contribution in [2.75, 3.05) is 13.1 Å². The number of hydrogen-bond acceptors (Lipinski definition) is 2. The maximum Gasteiger partial charge on any atom is 0.0353 e. The van der Waals surface area contributed by atoms with Crippen molar-refractivity contribution < 1.29 is 0 Å². The second-order valence-electron chi connectivity index (χ2n) is 15.1. The maximum absolute atomic E-state index is 3.66. The summed E-state index contributed by atoms with van der Waals surface area (Å²) >= 11 is 0. The van der Waals surface area contributed by atoms with Gasteiger partial charge in [0.15, 0.2) is 0 Å². The molecule has 0 saturated heterocycles. The predicted molar refractivity (Wildman–Crippen MR) is 172 cm³/mol. The lowest BCUT2D eigenvalue weighted by Gasteiger charge is -2.42. The van der Waals surface area contributed by atoms with Gasteiger partial charge >= 0.3 is 0 Å². The average molecular weight is 523 g/mol. The Morgan fingerprint density at radius 1 is 0.789 bits per heavy atom. The summed E-state index contributed by atoms with van der Waals surface area (Å²) in [6.45, 7) is 31.7. The molecule has 0 radical (unpaired) electrons. The first-order valence-corrected chi connectivity index (χ1v) is 14.9. The van der Waals surface area contributed by atoms with E-state index in [9.17, 15) is 0 Å². The minimum Gasteiger partial charge on any atom is -0.382 e. The number of rotatable bonds is 13. The van der Waals surface area contributed by atoms with Crippen LogP contribution in [0.1, 0.15) is 109 Å². The van der Waals surface area contributed by atoms with E-state index in [0.717, 1.165) is 19.5 Å². The summed E-state index contributed by atoms with van der Waals surface area (Å²) < 4.78 is 0. The zero-order valence-electron chi connectivity index (χ0n) is 27.4. The average Bonchev–Trinajstić information content (AvgIpc) is 2.77. The number of allylic oxidation sites excluding steroid dienone is 8. The van der Waals surface area contributed by atoms with Crippen molar-refractivity contribution in [2.45, 2.75) is 109 Å². The summed E-state index contributed by atoms with van der Waals surface area (Å²) in [5.41, 5.74) is 4.63. The molecule has 1 aliphatic rings. The van der Waals surface area contributed by atoms with Gasteiger partial charge < -0.3 is 10.6 Å². The molecular weight excluding hydrogens is 460 g/mol. The van der Waals surface area contributed by atoms with Gasteiger partial charge in [0.25, 0.3) is 0 Å². The highest BCUT2D eigenvalue weighted by atomic mass is 14.9. The first-order chi connectivity index (χ1) is 17.4. The molecule has 0 spiro atoms. The van der Waals surface area contributed by atoms with Gasteiger partial charge in [0.2, 0.25) is 0 Å². The zero-order chi connectivity index (χ0) is 29.2. The third-order valence-electron chi connectivity index (χ3n) is 7.51. The fraction of sp³-hybridized carbons (Fsp3) is 0.667. The van der Waals surface area contributed by atoms with Crippen molar-refractivity contribution in [3.63, 3.8) is 0 Å². The van der Waals surface area contributed by atoms with Crippen LogP contribution in [-0.2, 0) is 0 Å². The molecule has 1 aliphatic carbocycles. The van der Waals surface area contributed by atoms with Crippen molar-refractivity contribution in [3.05, 3.63) is 71.7 Å². The molecule has 0 bridgehead atoms. The minimum atomic E-state index is 0.190. The number of hydrogen-bond donors (Lipinski definition) is 2. The Hall–Kier alpha value is -1.96. The monoisotopic (exact) mass is 522 g/mol. The molecule has 2 unspecified atom stereocenters. The molecule has 0 fully saturated rings. The molecule has 2 heteroatoms. The molecule has 216 valence electrons. The van der Waals surface area contributed by atoms with Gasteiger partial charge in [0.1, 0.15) is 0 Å². The standard InChI is InChI=1S/C36H62N2/c1-14-15-20-35(10,11)22-23-36(12,13)21-16-24-37-30(26-28(2)3)19-25-38-29-17-18-31(33(4,5)6)32(27-29)34(7,8)9/h15-21,26-27,31-32,37-38H,14,22-25H2,1-13H3/b20-15+,21-16+,30-19+. The third-order valence-corrected chi connectivity index (χ3v) is 7.51. The lowest BCUT2D eigenvalue weighted by atomic mass is 9.63. The van der Waals surface area contributed by atoms with E-state index in [1.54, 1.807) is 0 Å². The molecule has 2 N–H and O–H groups in total. The highest BCUT2D eigenvalue weighted by Gasteiger charge is 2.37. The van der Waals surface area contributed by atoms with Gasteiger partial charge in [-0.3, -0.25) is 0 Å². The van der Waals surface area contributed by atoms with Gasteiger partial charge in [-0.15, -0.1) is 0 Å². The maximum atomic E-state index is 3.66. The van der Waals surface area contributed by atoms with Crippen LogP contribution in [0.4, 0.5) is 0 Å². The van der Waals surface area contributed by atoms with Crippen molar-refractivity contribution in [2.24, 2.45) is 33.5 Å². The van der Waals surface area contributed by atoms with Crippen LogP contribution in [0.5, 0.6) is 0 Å². The van der Waals surface area contributed by atoms with Gasteiger partial charge in [0, 0.05) is 24.5 Å². The highest BCUT2D eigenvalue weighted by molar-refractivity contribution is 5.28. The molecule has 1 rings (SSSR count). The largest absolute Gasteiger partial charge is 0.382 e. The molecular formula is C36H62N2. The fourth-order valence-corrected chi connectivity index (χ4v) is 4.99. The lowest BCUT2D eigenvalue weighted by Crippen LogP contribution is -2.36. The Bertz CT molecular complexity index is 900. The minimum absolute atomic E-state index is 0.190. The van der Waals surface area contributed by atoms with Crippen LogP contribution in [0.3, 0.4) is 0 Å². The van der Waals surface area contributed by atoms with E-state index in [1.165, 1.54) is 29.8 Å². The topological polar surface area (TPSA) is 24.1 Å². The van der Waals surface area contributed by atoms with E-state index < -0.39 is 0 Å². The Balaban J connectivity index is 2.78. The van der Waals surface area contributed by atoms with Gasteiger partial charge in [0.05, 0.1) is 0 Å². The molecule has 0 heterocycles. The Kier molecular flexibility index (Phi) is 12.9. The smallest absolute Gasteiger partial charge is 0.0353 e. The Morgan fingerprint density at radius 2 is 1.34 bits per heavy atom. The van der Waals surface area contributed by atoms with Crippen molar-refractivity contribution in [3.8, 4) is 0 Å². The molecule has 0 aromatic carbocycles. The quantitative estimate of drug-likeness (QED) is 0.186. The van der Waals surface area contributed by atoms with E-state index >= 15 is 0 Å². The Labute approximate surface area is 237 Å². The zero-order valence-corrected chi connectivity index (χ0v) is 27.4. The van der Waals surface area contributed by atoms with Crippen molar-refractivity contribution in [1.82, 2.24) is 10.6 Å². The Morgan fingerprint density at radius 3 is 1.84 bits per heavy atom. The molecule has 0 aliphatic heterocycles. The lowest BCUT2D eigenvalue weighted by molar-refractivity contribution is 0.140. The second kappa shape index (κ2) is 14.4. The summed E-state index contributed by atoms with van der Waals surface area (Å²) in [5, 5.41) is 7.30. The first-order valence-electron chi connectivity index (χ1n) is 14.9. The summed E-state index contributed by atoms with van der Waals surface area (Å²) in [4.78, 5) is 0. The molecule has 0 aromatic heterocycles. The molecule has 0 amide bonds. The number of nitrogens with one attached hydrogen (secondary N) is 2. The highest BCUT2D eigenvalue weighted by Crippen LogP contribution is 2.45. The normalized spacial score (nSPS) is 19.7. The molecule has 0 aromatic rings. The molecule has 2 nitrogen and oxygen atoms in total. The van der Waals surface area contributed by atoms with E-state index in [1.807, 2.05) is 0 Å². The van der Waals surface area contributed by atoms with Crippen molar-refractivity contribution in [1.29, 1.82) is 0 Å². The molecule has 0 saturated carbocycles.